The van der Waals surface area contributed by atoms with Crippen molar-refractivity contribution in [3.63, 3.8) is 0 Å². The van der Waals surface area contributed by atoms with Crippen molar-refractivity contribution < 1.29 is 9.53 Å². The van der Waals surface area contributed by atoms with Gasteiger partial charge in [-0.15, -0.1) is 0 Å². The highest BCUT2D eigenvalue weighted by atomic mass is 35.5. The summed E-state index contributed by atoms with van der Waals surface area (Å²) in [5.41, 5.74) is 0.904. The summed E-state index contributed by atoms with van der Waals surface area (Å²) in [5.74, 6) is 1.04. The molecule has 1 N–H and O–H groups in total. The summed E-state index contributed by atoms with van der Waals surface area (Å²) in [6.45, 7) is 4.94. The Morgan fingerprint density at radius 2 is 1.67 bits per heavy atom. The van der Waals surface area contributed by atoms with Gasteiger partial charge in [0, 0.05) is 5.56 Å². The second kappa shape index (κ2) is 8.61. The monoisotopic (exact) mass is 385 g/mol. The number of carbonyl (C=O) groups is 1. The molecule has 24 heavy (non-hydrogen) atoms. The van der Waals surface area contributed by atoms with Gasteiger partial charge in [0.25, 0.3) is 5.91 Å². The van der Waals surface area contributed by atoms with Gasteiger partial charge in [0.15, 0.2) is 0 Å². The number of hydrogen-bond acceptors (Lipinski definition) is 2. The first-order chi connectivity index (χ1) is 11.4. The Morgan fingerprint density at radius 1 is 1.04 bits per heavy atom. The first-order valence-corrected chi connectivity index (χ1v) is 8.69. The summed E-state index contributed by atoms with van der Waals surface area (Å²) in [7, 11) is 0. The predicted octanol–water partition coefficient (Wildman–Crippen LogP) is 6.32. The minimum Gasteiger partial charge on any atom is -0.494 e. The van der Waals surface area contributed by atoms with Gasteiger partial charge >= 0.3 is 0 Å². The maximum absolute atomic E-state index is 12.3. The van der Waals surface area contributed by atoms with Crippen molar-refractivity contribution in [1.82, 2.24) is 0 Å². The number of halogens is 3. The van der Waals surface area contributed by atoms with Crippen LogP contribution in [0.3, 0.4) is 0 Å². The maximum Gasteiger partial charge on any atom is 0.255 e. The highest BCUT2D eigenvalue weighted by Gasteiger charge is 2.11. The molecule has 128 valence electrons. The Morgan fingerprint density at radius 3 is 2.29 bits per heavy atom. The van der Waals surface area contributed by atoms with Crippen LogP contribution in [0.4, 0.5) is 5.69 Å². The number of benzene rings is 2. The first-order valence-electron chi connectivity index (χ1n) is 7.55. The number of ether oxygens (including phenoxy) is 1. The van der Waals surface area contributed by atoms with E-state index in [1.54, 1.807) is 24.3 Å². The van der Waals surface area contributed by atoms with Gasteiger partial charge in [-0.2, -0.15) is 0 Å². The second-order valence-electron chi connectivity index (χ2n) is 5.76. The van der Waals surface area contributed by atoms with Crippen molar-refractivity contribution in [2.24, 2.45) is 5.92 Å². The van der Waals surface area contributed by atoms with E-state index >= 15 is 0 Å². The largest absolute Gasteiger partial charge is 0.494 e. The number of anilines is 1. The van der Waals surface area contributed by atoms with E-state index in [-0.39, 0.29) is 5.91 Å². The summed E-state index contributed by atoms with van der Waals surface area (Å²) < 4.78 is 5.63. The lowest BCUT2D eigenvalue weighted by atomic mass is 10.1. The fraction of sp³-hybridized carbons (Fsp3) is 0.278. The van der Waals surface area contributed by atoms with E-state index in [1.807, 2.05) is 0 Å². The SMILES string of the molecule is CC(C)CCOc1ccc(C(=O)Nc2cc(Cl)c(Cl)cc2Cl)cc1. The van der Waals surface area contributed by atoms with Crippen molar-refractivity contribution in [3.05, 3.63) is 57.0 Å². The summed E-state index contributed by atoms with van der Waals surface area (Å²) >= 11 is 17.9. The molecule has 0 aromatic heterocycles. The molecule has 2 aromatic rings. The van der Waals surface area contributed by atoms with Gasteiger partial charge in [0.05, 0.1) is 27.4 Å². The van der Waals surface area contributed by atoms with Crippen molar-refractivity contribution in [2.75, 3.05) is 11.9 Å². The van der Waals surface area contributed by atoms with Gasteiger partial charge < -0.3 is 10.1 Å². The number of amides is 1. The van der Waals surface area contributed by atoms with E-state index < -0.39 is 0 Å². The highest BCUT2D eigenvalue weighted by molar-refractivity contribution is 6.44. The molecule has 6 heteroatoms. The summed E-state index contributed by atoms with van der Waals surface area (Å²) in [6, 6.07) is 9.95. The average Bonchev–Trinajstić information content (AvgIpc) is 2.53. The zero-order valence-corrected chi connectivity index (χ0v) is 15.7. The third kappa shape index (κ3) is 5.30. The lowest BCUT2D eigenvalue weighted by Crippen LogP contribution is -2.12. The quantitative estimate of drug-likeness (QED) is 0.589. The van der Waals surface area contributed by atoms with Gasteiger partial charge in [0.2, 0.25) is 0 Å². The minimum atomic E-state index is -0.288. The van der Waals surface area contributed by atoms with E-state index in [1.165, 1.54) is 12.1 Å². The molecule has 3 nitrogen and oxygen atoms in total. The molecule has 0 unspecified atom stereocenters. The molecule has 1 amide bonds. The molecule has 0 radical (unpaired) electrons. The lowest BCUT2D eigenvalue weighted by Gasteiger charge is -2.10. The van der Waals surface area contributed by atoms with Crippen LogP contribution in [-0.4, -0.2) is 12.5 Å². The maximum atomic E-state index is 12.3. The van der Waals surface area contributed by atoms with Crippen molar-refractivity contribution >= 4 is 46.4 Å². The molecule has 2 rings (SSSR count). The molecular weight excluding hydrogens is 369 g/mol. The van der Waals surface area contributed by atoms with Crippen molar-refractivity contribution in [1.29, 1.82) is 0 Å². The zero-order chi connectivity index (χ0) is 17.7. The fourth-order valence-corrected chi connectivity index (χ4v) is 2.52. The number of rotatable bonds is 6. The molecule has 0 aliphatic heterocycles. The second-order valence-corrected chi connectivity index (χ2v) is 6.98. The molecule has 2 aromatic carbocycles. The summed E-state index contributed by atoms with van der Waals surface area (Å²) in [4.78, 5) is 12.3. The van der Waals surface area contributed by atoms with Gasteiger partial charge in [-0.05, 0) is 48.7 Å². The lowest BCUT2D eigenvalue weighted by molar-refractivity contribution is 0.102. The smallest absolute Gasteiger partial charge is 0.255 e. The molecule has 0 saturated heterocycles. The molecule has 0 atom stereocenters. The molecule has 0 aliphatic rings. The summed E-state index contributed by atoms with van der Waals surface area (Å²) in [6.07, 6.45) is 0.984. The molecule has 0 saturated carbocycles. The first kappa shape index (κ1) is 18.9. The number of hydrogen-bond donors (Lipinski definition) is 1. The van der Waals surface area contributed by atoms with Crippen LogP contribution >= 0.6 is 34.8 Å². The van der Waals surface area contributed by atoms with Gasteiger partial charge in [-0.25, -0.2) is 0 Å². The molecule has 0 spiro atoms. The van der Waals surface area contributed by atoms with Crippen LogP contribution in [0.2, 0.25) is 15.1 Å². The minimum absolute atomic E-state index is 0.288. The van der Waals surface area contributed by atoms with E-state index in [4.69, 9.17) is 39.5 Å². The number of carbonyl (C=O) groups excluding carboxylic acids is 1. The molecule has 0 heterocycles. The average molecular weight is 387 g/mol. The van der Waals surface area contributed by atoms with Crippen LogP contribution in [0, 0.1) is 5.92 Å². The van der Waals surface area contributed by atoms with E-state index in [0.717, 1.165) is 12.2 Å². The van der Waals surface area contributed by atoms with E-state index in [0.29, 0.717) is 38.8 Å². The van der Waals surface area contributed by atoms with Crippen LogP contribution < -0.4 is 10.1 Å². The standard InChI is InChI=1S/C18H18Cl3NO2/c1-11(2)7-8-24-13-5-3-12(4-6-13)18(23)22-17-10-15(20)14(19)9-16(17)21/h3-6,9-11H,7-8H2,1-2H3,(H,22,23). The third-order valence-corrected chi connectivity index (χ3v) is 4.37. The Kier molecular flexibility index (Phi) is 6.79. The summed E-state index contributed by atoms with van der Waals surface area (Å²) in [5, 5.41) is 3.70. The fourth-order valence-electron chi connectivity index (χ4n) is 1.93. The van der Waals surface area contributed by atoms with Crippen molar-refractivity contribution in [2.45, 2.75) is 20.3 Å². The van der Waals surface area contributed by atoms with Crippen molar-refractivity contribution in [3.8, 4) is 5.75 Å². The van der Waals surface area contributed by atoms with E-state index in [9.17, 15) is 4.79 Å². The van der Waals surface area contributed by atoms with Crippen LogP contribution in [-0.2, 0) is 0 Å². The molecule has 0 fully saturated rings. The molecular formula is C18H18Cl3NO2. The van der Waals surface area contributed by atoms with Gasteiger partial charge in [0.1, 0.15) is 5.75 Å². The molecule has 0 bridgehead atoms. The number of nitrogens with one attached hydrogen (secondary N) is 1. The Labute approximate surface area is 156 Å². The van der Waals surface area contributed by atoms with Crippen LogP contribution in [0.15, 0.2) is 36.4 Å². The Balaban J connectivity index is 2.01. The normalized spacial score (nSPS) is 10.8. The Bertz CT molecular complexity index is 715. The highest BCUT2D eigenvalue weighted by Crippen LogP contribution is 2.32. The topological polar surface area (TPSA) is 38.3 Å². The predicted molar refractivity (Wildman–Crippen MR) is 101 cm³/mol. The van der Waals surface area contributed by atoms with Gasteiger partial charge in [-0.3, -0.25) is 4.79 Å². The van der Waals surface area contributed by atoms with Crippen LogP contribution in [0.1, 0.15) is 30.6 Å². The molecule has 0 aliphatic carbocycles. The van der Waals surface area contributed by atoms with Crippen LogP contribution in [0.25, 0.3) is 0 Å². The van der Waals surface area contributed by atoms with Gasteiger partial charge in [-0.1, -0.05) is 48.7 Å². The van der Waals surface area contributed by atoms with Crippen LogP contribution in [0.5, 0.6) is 5.75 Å². The zero-order valence-electron chi connectivity index (χ0n) is 13.4. The third-order valence-electron chi connectivity index (χ3n) is 3.34. The Hall–Kier alpha value is -1.42. The van der Waals surface area contributed by atoms with E-state index in [2.05, 4.69) is 19.2 Å².